The average molecular weight is 954 g/mol. The number of benzene rings is 2. The van der Waals surface area contributed by atoms with Gasteiger partial charge in [0.1, 0.15) is 5.82 Å². The van der Waals surface area contributed by atoms with Gasteiger partial charge in [-0.2, -0.15) is 5.10 Å². The predicted molar refractivity (Wildman–Crippen MR) is 261 cm³/mol. The summed E-state index contributed by atoms with van der Waals surface area (Å²) in [4.78, 5) is 76.1. The van der Waals surface area contributed by atoms with Crippen molar-refractivity contribution in [1.82, 2.24) is 30.9 Å². The van der Waals surface area contributed by atoms with Gasteiger partial charge in [-0.25, -0.2) is 14.8 Å². The van der Waals surface area contributed by atoms with Crippen LogP contribution in [0.1, 0.15) is 100 Å². The number of carbonyl (C=O) groups excluding carboxylic acids is 5. The van der Waals surface area contributed by atoms with Crippen molar-refractivity contribution in [3.8, 4) is 5.88 Å². The van der Waals surface area contributed by atoms with Crippen molar-refractivity contribution in [2.24, 2.45) is 11.0 Å². The van der Waals surface area contributed by atoms with E-state index in [1.54, 1.807) is 71.4 Å². The van der Waals surface area contributed by atoms with Crippen molar-refractivity contribution in [1.29, 1.82) is 0 Å². The molecule has 0 bridgehead atoms. The fourth-order valence-electron chi connectivity index (χ4n) is 7.81. The van der Waals surface area contributed by atoms with Crippen LogP contribution in [0, 0.1) is 11.7 Å². The smallest absolute Gasteiger partial charge is 0.251 e. The lowest BCUT2D eigenvalue weighted by Crippen LogP contribution is -2.48. The van der Waals surface area contributed by atoms with Crippen LogP contribution in [0.3, 0.4) is 0 Å². The Morgan fingerprint density at radius 2 is 1.79 bits per heavy atom. The Balaban J connectivity index is 0.773. The number of anilines is 2. The molecule has 0 radical (unpaired) electrons. The second-order valence-electron chi connectivity index (χ2n) is 17.1. The zero-order valence-electron chi connectivity index (χ0n) is 39.9. The summed E-state index contributed by atoms with van der Waals surface area (Å²) >= 11 is 0. The number of hydrogen-bond acceptors (Lipinski definition) is 12. The van der Waals surface area contributed by atoms with E-state index in [1.165, 1.54) is 12.1 Å². The molecule has 67 heavy (non-hydrogen) atoms. The number of hydrazone groups is 1. The summed E-state index contributed by atoms with van der Waals surface area (Å²) in [5.41, 5.74) is 7.68. The number of fused-ring (bicyclic) bond motifs is 1. The third-order valence-corrected chi connectivity index (χ3v) is 14.8. The Morgan fingerprint density at radius 1 is 0.985 bits per heavy atom. The molecule has 5 amide bonds. The van der Waals surface area contributed by atoms with E-state index in [4.69, 9.17) is 7.48 Å². The van der Waals surface area contributed by atoms with Crippen molar-refractivity contribution in [3.05, 3.63) is 113 Å². The molecule has 4 aromatic rings. The number of aryl methyl sites for hydroxylation is 1. The molecule has 7 rings (SSSR count). The zero-order valence-corrected chi connectivity index (χ0v) is 39.6. The molecular weight excluding hydrogens is 894 g/mol. The van der Waals surface area contributed by atoms with Crippen LogP contribution in [-0.4, -0.2) is 100 Å². The van der Waals surface area contributed by atoms with E-state index in [1.807, 2.05) is 36.9 Å². The monoisotopic (exact) mass is 953 g/mol. The Kier molecular flexibility index (Phi) is 15.9. The Bertz CT molecular complexity index is 2530. The lowest BCUT2D eigenvalue weighted by molar-refractivity contribution is -0.131. The molecule has 18 heteroatoms. The molecule has 4 N–H and O–H groups in total. The summed E-state index contributed by atoms with van der Waals surface area (Å²) in [6.07, 6.45) is 5.36. The molecular formula is C49H58FN9O6S2. The van der Waals surface area contributed by atoms with Gasteiger partial charge in [0, 0.05) is 125 Å². The molecule has 0 spiro atoms. The van der Waals surface area contributed by atoms with Gasteiger partial charge in [-0.1, -0.05) is 33.7 Å². The van der Waals surface area contributed by atoms with Crippen LogP contribution in [0.4, 0.5) is 15.8 Å². The number of rotatable bonds is 20. The SMILES string of the molecule is [2H]C1([2H])[C@H](C(=O)Nc2ccc(CNC(=O)c3ccc(N4CCN(C(=O)CCSSC(C)(C)CC(=O)N/N=C5\CCCc6nc(OCCCC(=O)NC)ccc65)CC4)cc3)c(F)c2)[C@H]1c1cccnc1. The standard InChI is InChI=1S/C49H58FN9O6S2/c1-49(2,29-44(61)57-56-42-9-4-8-41-37(42)17-18-45(55-41)65-25-6-10-43(60)51-3)67-66-26-19-46(62)59-23-21-58(22-24-59)36-15-12-32(13-16-36)47(63)53-31-34-11-14-35(27-40(34)50)54-48(64)39-28-38(39)33-7-5-20-52-30-33/h5,7,11-18,20,27,30,38-39H,4,6,8-10,19,21-26,28-29,31H2,1-3H3,(H,51,60)(H,53,63)(H,54,64)(H,57,61)/b56-42+/t38-,39+/m1/s1/i28D2. The highest BCUT2D eigenvalue weighted by Gasteiger charge is 2.44. The lowest BCUT2D eigenvalue weighted by Gasteiger charge is -2.36. The summed E-state index contributed by atoms with van der Waals surface area (Å²) in [5, 5.41) is 12.4. The van der Waals surface area contributed by atoms with Gasteiger partial charge in [-0.3, -0.25) is 29.0 Å². The van der Waals surface area contributed by atoms with Crippen LogP contribution in [0.25, 0.3) is 0 Å². The number of amides is 5. The van der Waals surface area contributed by atoms with Crippen molar-refractivity contribution < 1.29 is 35.8 Å². The van der Waals surface area contributed by atoms with Gasteiger partial charge in [0.2, 0.25) is 29.5 Å². The first-order chi connectivity index (χ1) is 33.1. The molecule has 2 fully saturated rings. The van der Waals surface area contributed by atoms with Crippen LogP contribution >= 0.6 is 21.6 Å². The number of aromatic nitrogens is 2. The first-order valence-corrected chi connectivity index (χ1v) is 24.8. The van der Waals surface area contributed by atoms with E-state index in [0.29, 0.717) is 74.8 Å². The first-order valence-electron chi connectivity index (χ1n) is 23.5. The summed E-state index contributed by atoms with van der Waals surface area (Å²) in [6, 6.07) is 18.4. The third-order valence-electron chi connectivity index (χ3n) is 11.5. The molecule has 1 aliphatic heterocycles. The highest BCUT2D eigenvalue weighted by Crippen LogP contribution is 2.47. The van der Waals surface area contributed by atoms with Crippen LogP contribution in [0.15, 0.2) is 84.2 Å². The van der Waals surface area contributed by atoms with Gasteiger partial charge in [-0.15, -0.1) is 0 Å². The second kappa shape index (κ2) is 23.1. The normalized spacial score (nSPS) is 18.5. The first kappa shape index (κ1) is 46.1. The number of hydrogen-bond donors (Lipinski definition) is 4. The van der Waals surface area contributed by atoms with E-state index in [9.17, 15) is 24.0 Å². The average Bonchev–Trinajstić information content (AvgIpc) is 3.94. The predicted octanol–water partition coefficient (Wildman–Crippen LogP) is 6.64. The third kappa shape index (κ3) is 14.0. The summed E-state index contributed by atoms with van der Waals surface area (Å²) in [7, 11) is 4.76. The maximum Gasteiger partial charge on any atom is 0.251 e. The topological polar surface area (TPSA) is 187 Å². The number of halogens is 1. The van der Waals surface area contributed by atoms with Gasteiger partial charge in [0.25, 0.3) is 5.91 Å². The highest BCUT2D eigenvalue weighted by atomic mass is 33.1. The molecule has 354 valence electrons. The number of nitrogens with zero attached hydrogens (tertiary/aromatic N) is 5. The minimum Gasteiger partial charge on any atom is -0.478 e. The maximum atomic E-state index is 15.1. The van der Waals surface area contributed by atoms with Crippen molar-refractivity contribution in [2.45, 2.75) is 82.4 Å². The largest absolute Gasteiger partial charge is 0.478 e. The molecule has 2 aromatic carbocycles. The summed E-state index contributed by atoms with van der Waals surface area (Å²) in [6.45, 7) is 6.73. The molecule has 1 saturated carbocycles. The van der Waals surface area contributed by atoms with Crippen molar-refractivity contribution in [3.63, 3.8) is 0 Å². The second-order valence-corrected chi connectivity index (χ2v) is 20.2. The van der Waals surface area contributed by atoms with Crippen molar-refractivity contribution in [2.75, 3.05) is 55.8 Å². The van der Waals surface area contributed by atoms with Gasteiger partial charge >= 0.3 is 0 Å². The molecule has 3 heterocycles. The summed E-state index contributed by atoms with van der Waals surface area (Å²) < 4.78 is 36.9. The van der Waals surface area contributed by atoms with Crippen LogP contribution < -0.4 is 31.0 Å². The van der Waals surface area contributed by atoms with Crippen LogP contribution in [0.5, 0.6) is 5.88 Å². The fourth-order valence-corrected chi connectivity index (χ4v) is 10.3. The van der Waals surface area contributed by atoms with Crippen molar-refractivity contribution >= 4 is 68.2 Å². The fraction of sp³-hybridized carbons (Fsp3) is 0.429. The minimum atomic E-state index is -1.74. The number of piperazine rings is 1. The lowest BCUT2D eigenvalue weighted by atomic mass is 9.94. The van der Waals surface area contributed by atoms with Gasteiger partial charge < -0.3 is 30.5 Å². The van der Waals surface area contributed by atoms with E-state index in [2.05, 4.69) is 41.3 Å². The van der Waals surface area contributed by atoms with Gasteiger partial charge in [0.05, 0.1) is 18.0 Å². The Morgan fingerprint density at radius 3 is 2.54 bits per heavy atom. The molecule has 2 atom stereocenters. The van der Waals surface area contributed by atoms with Crippen LogP contribution in [-0.2, 0) is 32.1 Å². The molecule has 3 aliphatic rings. The maximum absolute atomic E-state index is 15.1. The molecule has 0 unspecified atom stereocenters. The number of carbonyl (C=O) groups is 5. The van der Waals surface area contributed by atoms with E-state index in [0.717, 1.165) is 48.0 Å². The number of pyridine rings is 2. The number of ether oxygens (including phenoxy) is 1. The Hall–Kier alpha value is -6.01. The number of nitrogens with one attached hydrogen (secondary N) is 4. The van der Waals surface area contributed by atoms with E-state index < -0.39 is 34.7 Å². The Labute approximate surface area is 401 Å². The van der Waals surface area contributed by atoms with E-state index in [-0.39, 0.29) is 47.8 Å². The van der Waals surface area contributed by atoms with Gasteiger partial charge in [0.15, 0.2) is 0 Å². The molecule has 15 nitrogen and oxygen atoms in total. The zero-order chi connectivity index (χ0) is 49.1. The molecule has 2 aromatic heterocycles. The minimum absolute atomic E-state index is 0.0294. The molecule has 2 aliphatic carbocycles. The van der Waals surface area contributed by atoms with Gasteiger partial charge in [-0.05, 0) is 106 Å². The molecule has 1 saturated heterocycles. The highest BCUT2D eigenvalue weighted by molar-refractivity contribution is 8.77. The quantitative estimate of drug-likeness (QED) is 0.0423. The van der Waals surface area contributed by atoms with E-state index >= 15 is 4.39 Å². The van der Waals surface area contributed by atoms with Crippen LogP contribution in [0.2, 0.25) is 0 Å². The summed E-state index contributed by atoms with van der Waals surface area (Å²) in [5.74, 6) is -2.12.